The molecule has 1 N–H and O–H groups in total. The minimum Gasteiger partial charge on any atom is -0.351 e. The van der Waals surface area contributed by atoms with Crippen molar-refractivity contribution in [1.29, 1.82) is 10.5 Å². The van der Waals surface area contributed by atoms with Crippen LogP contribution in [-0.4, -0.2) is 15.9 Å². The molecule has 1 saturated carbocycles. The van der Waals surface area contributed by atoms with Gasteiger partial charge in [-0.1, -0.05) is 43.7 Å². The minimum absolute atomic E-state index is 0.00434. The van der Waals surface area contributed by atoms with E-state index in [-0.39, 0.29) is 28.6 Å². The van der Waals surface area contributed by atoms with Crippen LogP contribution in [0.3, 0.4) is 0 Å². The first-order chi connectivity index (χ1) is 13.3. The summed E-state index contributed by atoms with van der Waals surface area (Å²) in [6.45, 7) is 6.60. The summed E-state index contributed by atoms with van der Waals surface area (Å²) in [4.78, 5) is 22.4. The van der Waals surface area contributed by atoms with Crippen LogP contribution in [0, 0.1) is 35.0 Å². The number of aromatic nitrogens is 2. The van der Waals surface area contributed by atoms with Crippen LogP contribution in [0.5, 0.6) is 0 Å². The number of nitrogens with one attached hydrogen (secondary N) is 1. The van der Waals surface area contributed by atoms with Gasteiger partial charge in [-0.05, 0) is 30.7 Å². The summed E-state index contributed by atoms with van der Waals surface area (Å²) in [6.07, 6.45) is 1.49. The van der Waals surface area contributed by atoms with Crippen molar-refractivity contribution in [2.45, 2.75) is 51.5 Å². The van der Waals surface area contributed by atoms with Gasteiger partial charge in [0, 0.05) is 12.5 Å². The molecule has 0 radical (unpaired) electrons. The van der Waals surface area contributed by atoms with Gasteiger partial charge in [-0.25, -0.2) is 9.97 Å². The first kappa shape index (κ1) is 18.1. The van der Waals surface area contributed by atoms with Crippen molar-refractivity contribution in [2.75, 3.05) is 0 Å². The Balaban J connectivity index is 1.73. The molecule has 28 heavy (non-hydrogen) atoms. The maximum atomic E-state index is 13.5. The molecule has 2 bridgehead atoms. The fraction of sp³-hybridized carbons (Fsp3) is 0.409. The summed E-state index contributed by atoms with van der Waals surface area (Å²) in [7, 11) is 0. The van der Waals surface area contributed by atoms with Crippen molar-refractivity contribution >= 4 is 5.91 Å². The van der Waals surface area contributed by atoms with Crippen LogP contribution in [0.4, 0.5) is 0 Å². The highest BCUT2D eigenvalue weighted by Crippen LogP contribution is 2.67. The number of benzene rings is 1. The highest BCUT2D eigenvalue weighted by Gasteiger charge is 2.67. The quantitative estimate of drug-likeness (QED) is 0.893. The lowest BCUT2D eigenvalue weighted by Crippen LogP contribution is -2.49. The molecule has 1 heterocycles. The number of amides is 1. The van der Waals surface area contributed by atoms with Crippen LogP contribution in [-0.2, 0) is 16.8 Å². The molecule has 2 aliphatic carbocycles. The Morgan fingerprint density at radius 3 is 2.46 bits per heavy atom. The van der Waals surface area contributed by atoms with Crippen molar-refractivity contribution in [2.24, 2.45) is 5.41 Å². The molecular weight excluding hydrogens is 350 g/mol. The Labute approximate surface area is 164 Å². The Kier molecular flexibility index (Phi) is 3.97. The van der Waals surface area contributed by atoms with E-state index in [1.807, 2.05) is 43.3 Å². The predicted octanol–water partition coefficient (Wildman–Crippen LogP) is 3.00. The Hall–Kier alpha value is -3.25. The van der Waals surface area contributed by atoms with E-state index in [1.54, 1.807) is 0 Å². The molecule has 2 aliphatic rings. The van der Waals surface area contributed by atoms with Crippen molar-refractivity contribution in [1.82, 2.24) is 15.3 Å². The van der Waals surface area contributed by atoms with Crippen LogP contribution in [0.25, 0.3) is 0 Å². The molecule has 1 amide bonds. The van der Waals surface area contributed by atoms with E-state index in [9.17, 15) is 15.3 Å². The van der Waals surface area contributed by atoms with E-state index in [2.05, 4.69) is 29.1 Å². The highest BCUT2D eigenvalue weighted by molar-refractivity contribution is 5.91. The van der Waals surface area contributed by atoms with Gasteiger partial charge in [0.05, 0.1) is 16.8 Å². The van der Waals surface area contributed by atoms with Crippen molar-refractivity contribution in [3.05, 3.63) is 58.2 Å². The van der Waals surface area contributed by atoms with E-state index < -0.39 is 5.41 Å². The highest BCUT2D eigenvalue weighted by atomic mass is 16.2. The third kappa shape index (κ3) is 2.28. The Morgan fingerprint density at radius 2 is 1.82 bits per heavy atom. The van der Waals surface area contributed by atoms with Crippen LogP contribution < -0.4 is 5.32 Å². The summed E-state index contributed by atoms with van der Waals surface area (Å²) in [5.41, 5.74) is 2.31. The summed E-state index contributed by atoms with van der Waals surface area (Å²) in [6, 6.07) is 12.0. The molecule has 6 heteroatoms. The molecule has 6 nitrogen and oxygen atoms in total. The molecule has 140 valence electrons. The van der Waals surface area contributed by atoms with Crippen LogP contribution >= 0.6 is 0 Å². The van der Waals surface area contributed by atoms with Gasteiger partial charge in [-0.2, -0.15) is 10.5 Å². The number of hydrogen-bond acceptors (Lipinski definition) is 5. The zero-order chi connectivity index (χ0) is 20.1. The number of fused-ring (bicyclic) bond motifs is 5. The van der Waals surface area contributed by atoms with Crippen molar-refractivity contribution < 1.29 is 4.79 Å². The third-order valence-corrected chi connectivity index (χ3v) is 6.61. The van der Waals surface area contributed by atoms with E-state index in [1.165, 1.54) is 5.56 Å². The first-order valence-electron chi connectivity index (χ1n) is 9.41. The number of carbonyl (C=O) groups is 1. The molecule has 1 aromatic heterocycles. The number of nitrogens with zero attached hydrogens (tertiary/aromatic N) is 4. The summed E-state index contributed by atoms with van der Waals surface area (Å²) in [5.74, 6) is -0.0257. The number of nitriles is 2. The second-order valence-electron chi connectivity index (χ2n) is 8.26. The van der Waals surface area contributed by atoms with Crippen molar-refractivity contribution in [3.8, 4) is 12.1 Å². The molecule has 2 aromatic rings. The first-order valence-corrected chi connectivity index (χ1v) is 9.41. The van der Waals surface area contributed by atoms with Gasteiger partial charge in [0.1, 0.15) is 12.1 Å². The lowest BCUT2D eigenvalue weighted by molar-refractivity contribution is -0.130. The van der Waals surface area contributed by atoms with E-state index >= 15 is 0 Å². The second kappa shape index (κ2) is 6.14. The monoisotopic (exact) mass is 371 g/mol. The van der Waals surface area contributed by atoms with Gasteiger partial charge >= 0.3 is 0 Å². The average Bonchev–Trinajstić information content (AvgIpc) is 3.07. The molecule has 0 spiro atoms. The summed E-state index contributed by atoms with van der Waals surface area (Å²) in [5, 5.41) is 21.8. The molecule has 2 unspecified atom stereocenters. The predicted molar refractivity (Wildman–Crippen MR) is 102 cm³/mol. The number of carbonyl (C=O) groups excluding carboxylic acids is 1. The largest absolute Gasteiger partial charge is 0.351 e. The van der Waals surface area contributed by atoms with Crippen LogP contribution in [0.15, 0.2) is 24.3 Å². The summed E-state index contributed by atoms with van der Waals surface area (Å²) >= 11 is 0. The smallest absolute Gasteiger partial charge is 0.233 e. The van der Waals surface area contributed by atoms with Gasteiger partial charge in [0.15, 0.2) is 11.4 Å². The third-order valence-electron chi connectivity index (χ3n) is 6.61. The van der Waals surface area contributed by atoms with E-state index in [0.717, 1.165) is 12.0 Å². The molecule has 4 rings (SSSR count). The molecular formula is C22H21N5O. The van der Waals surface area contributed by atoms with E-state index in [0.29, 0.717) is 24.4 Å². The average molecular weight is 371 g/mol. The number of aryl methyl sites for hydroxylation is 1. The van der Waals surface area contributed by atoms with Gasteiger partial charge in [0.25, 0.3) is 0 Å². The maximum absolute atomic E-state index is 13.5. The Bertz CT molecular complexity index is 1060. The zero-order valence-corrected chi connectivity index (χ0v) is 16.2. The number of hydrogen-bond donors (Lipinski definition) is 1. The second-order valence-corrected chi connectivity index (χ2v) is 8.26. The standard InChI is InChI=1S/C22H21N5O/c1-13-4-6-14(7-5-13)12-25-20(28)22-9-8-15(21(22,2)3)18-19(22)27-17(11-24)16(10-23)26-18/h4-7,15H,8-9,12H2,1-3H3,(H,25,28). The molecule has 1 aromatic carbocycles. The molecule has 0 aliphatic heterocycles. The normalized spacial score (nSPS) is 23.5. The minimum atomic E-state index is -0.829. The molecule has 0 saturated heterocycles. The topological polar surface area (TPSA) is 102 Å². The lowest BCUT2D eigenvalue weighted by atomic mass is 9.67. The molecule has 2 atom stereocenters. The summed E-state index contributed by atoms with van der Waals surface area (Å²) < 4.78 is 0. The number of rotatable bonds is 3. The SMILES string of the molecule is Cc1ccc(CNC(=O)C23CCC(c4nc(C#N)c(C#N)nc42)C3(C)C)cc1. The van der Waals surface area contributed by atoms with Crippen LogP contribution in [0.1, 0.15) is 66.5 Å². The molecule has 1 fully saturated rings. The van der Waals surface area contributed by atoms with Crippen LogP contribution in [0.2, 0.25) is 0 Å². The maximum Gasteiger partial charge on any atom is 0.233 e. The lowest BCUT2D eigenvalue weighted by Gasteiger charge is -2.36. The van der Waals surface area contributed by atoms with Crippen molar-refractivity contribution in [3.63, 3.8) is 0 Å². The van der Waals surface area contributed by atoms with Gasteiger partial charge in [-0.3, -0.25) is 4.79 Å². The van der Waals surface area contributed by atoms with Gasteiger partial charge in [0.2, 0.25) is 5.91 Å². The van der Waals surface area contributed by atoms with E-state index in [4.69, 9.17) is 0 Å². The van der Waals surface area contributed by atoms with Gasteiger partial charge < -0.3 is 5.32 Å². The van der Waals surface area contributed by atoms with Gasteiger partial charge in [-0.15, -0.1) is 0 Å². The Morgan fingerprint density at radius 1 is 1.18 bits per heavy atom. The fourth-order valence-electron chi connectivity index (χ4n) is 4.96. The zero-order valence-electron chi connectivity index (χ0n) is 16.2. The fourth-order valence-corrected chi connectivity index (χ4v) is 4.96.